The Balaban J connectivity index is 2.51. The van der Waals surface area contributed by atoms with Crippen LogP contribution in [-0.4, -0.2) is 22.1 Å². The maximum atomic E-state index is 10.4. The molecule has 2 N–H and O–H groups in total. The second-order valence-corrected chi connectivity index (χ2v) is 3.33. The lowest BCUT2D eigenvalue weighted by Gasteiger charge is -2.12. The minimum absolute atomic E-state index is 0.0861. The van der Waals surface area contributed by atoms with Gasteiger partial charge in [0.05, 0.1) is 18.3 Å². The van der Waals surface area contributed by atoms with E-state index in [4.69, 9.17) is 5.11 Å². The predicted molar refractivity (Wildman–Crippen MR) is 54.3 cm³/mol. The summed E-state index contributed by atoms with van der Waals surface area (Å²) >= 11 is 0. The highest BCUT2D eigenvalue weighted by molar-refractivity contribution is 5.68. The Morgan fingerprint density at radius 2 is 2.36 bits per heavy atom. The lowest BCUT2D eigenvalue weighted by molar-refractivity contribution is -0.137. The molecule has 4 heteroatoms. The van der Waals surface area contributed by atoms with E-state index < -0.39 is 5.97 Å². The van der Waals surface area contributed by atoms with Gasteiger partial charge in [-0.2, -0.15) is 0 Å². The van der Waals surface area contributed by atoms with Gasteiger partial charge in [0, 0.05) is 11.7 Å². The molecule has 0 aliphatic rings. The van der Waals surface area contributed by atoms with E-state index in [1.165, 1.54) is 0 Å². The van der Waals surface area contributed by atoms with Gasteiger partial charge < -0.3 is 10.4 Å². The summed E-state index contributed by atoms with van der Waals surface area (Å²) in [5, 5.41) is 11.6. The topological polar surface area (TPSA) is 62.2 Å². The molecule has 0 spiro atoms. The lowest BCUT2D eigenvalue weighted by atomic mass is 10.2. The number of nitrogens with zero attached hydrogens (tertiary/aromatic N) is 1. The summed E-state index contributed by atoms with van der Waals surface area (Å²) < 4.78 is 0. The Kier molecular flexibility index (Phi) is 3.45. The SMILES string of the molecule is Cc1ccc(NC(C)CC(=O)O)cn1. The molecule has 0 bridgehead atoms. The fourth-order valence-electron chi connectivity index (χ4n) is 1.15. The van der Waals surface area contributed by atoms with Gasteiger partial charge in [0.2, 0.25) is 0 Å². The smallest absolute Gasteiger partial charge is 0.305 e. The van der Waals surface area contributed by atoms with Crippen molar-refractivity contribution in [3.8, 4) is 0 Å². The van der Waals surface area contributed by atoms with Crippen LogP contribution < -0.4 is 5.32 Å². The van der Waals surface area contributed by atoms with E-state index >= 15 is 0 Å². The van der Waals surface area contributed by atoms with Crippen LogP contribution >= 0.6 is 0 Å². The summed E-state index contributed by atoms with van der Waals surface area (Å²) in [7, 11) is 0. The number of aryl methyl sites for hydroxylation is 1. The van der Waals surface area contributed by atoms with Gasteiger partial charge in [-0.1, -0.05) is 0 Å². The maximum absolute atomic E-state index is 10.4. The minimum Gasteiger partial charge on any atom is -0.481 e. The number of carboxylic acid groups (broad SMARTS) is 1. The average Bonchev–Trinajstić information content (AvgIpc) is 2.07. The first-order valence-electron chi connectivity index (χ1n) is 4.49. The van der Waals surface area contributed by atoms with Gasteiger partial charge in [0.15, 0.2) is 0 Å². The molecule has 1 rings (SSSR count). The number of aromatic nitrogens is 1. The molecule has 1 heterocycles. The third-order valence-corrected chi connectivity index (χ3v) is 1.81. The lowest BCUT2D eigenvalue weighted by Crippen LogP contribution is -2.19. The van der Waals surface area contributed by atoms with E-state index in [9.17, 15) is 4.79 Å². The molecule has 0 aliphatic heterocycles. The van der Waals surface area contributed by atoms with Crippen LogP contribution in [0, 0.1) is 6.92 Å². The van der Waals surface area contributed by atoms with Gasteiger partial charge in [0.25, 0.3) is 0 Å². The van der Waals surface area contributed by atoms with Crippen LogP contribution in [0.25, 0.3) is 0 Å². The second kappa shape index (κ2) is 4.60. The fraction of sp³-hybridized carbons (Fsp3) is 0.400. The van der Waals surface area contributed by atoms with E-state index in [1.54, 1.807) is 6.20 Å². The Hall–Kier alpha value is -1.58. The predicted octanol–water partition coefficient (Wildman–Crippen LogP) is 1.67. The Labute approximate surface area is 83.0 Å². The normalized spacial score (nSPS) is 12.1. The summed E-state index contributed by atoms with van der Waals surface area (Å²) in [5.74, 6) is -0.801. The zero-order valence-electron chi connectivity index (χ0n) is 8.32. The Morgan fingerprint density at radius 1 is 1.64 bits per heavy atom. The molecule has 0 radical (unpaired) electrons. The number of anilines is 1. The van der Waals surface area contributed by atoms with Crippen LogP contribution in [0.5, 0.6) is 0 Å². The summed E-state index contributed by atoms with van der Waals surface area (Å²) in [6, 6.07) is 3.69. The summed E-state index contributed by atoms with van der Waals surface area (Å²) in [6.07, 6.45) is 1.81. The minimum atomic E-state index is -0.801. The van der Waals surface area contributed by atoms with Gasteiger partial charge in [0.1, 0.15) is 0 Å². The molecule has 1 aromatic heterocycles. The summed E-state index contributed by atoms with van der Waals surface area (Å²) in [6.45, 7) is 3.73. The van der Waals surface area contributed by atoms with Crippen LogP contribution in [0.4, 0.5) is 5.69 Å². The first-order valence-corrected chi connectivity index (χ1v) is 4.49. The van der Waals surface area contributed by atoms with Crippen molar-refractivity contribution in [1.82, 2.24) is 4.98 Å². The quantitative estimate of drug-likeness (QED) is 0.765. The van der Waals surface area contributed by atoms with Crippen molar-refractivity contribution in [1.29, 1.82) is 0 Å². The second-order valence-electron chi connectivity index (χ2n) is 3.33. The third-order valence-electron chi connectivity index (χ3n) is 1.81. The van der Waals surface area contributed by atoms with Crippen LogP contribution in [-0.2, 0) is 4.79 Å². The molecule has 1 aromatic rings. The van der Waals surface area contributed by atoms with E-state index in [0.717, 1.165) is 11.4 Å². The van der Waals surface area contributed by atoms with Crippen molar-refractivity contribution in [3.63, 3.8) is 0 Å². The monoisotopic (exact) mass is 194 g/mol. The van der Waals surface area contributed by atoms with Gasteiger partial charge in [-0.25, -0.2) is 0 Å². The number of pyridine rings is 1. The summed E-state index contributed by atoms with van der Waals surface area (Å²) in [5.41, 5.74) is 1.80. The first kappa shape index (κ1) is 10.5. The molecular weight excluding hydrogens is 180 g/mol. The third kappa shape index (κ3) is 3.43. The van der Waals surface area contributed by atoms with Crippen molar-refractivity contribution in [2.45, 2.75) is 26.3 Å². The molecule has 4 nitrogen and oxygen atoms in total. The van der Waals surface area contributed by atoms with E-state index in [-0.39, 0.29) is 12.5 Å². The molecule has 0 saturated carbocycles. The van der Waals surface area contributed by atoms with Crippen LogP contribution in [0.3, 0.4) is 0 Å². The molecule has 0 amide bonds. The molecule has 0 aromatic carbocycles. The number of carbonyl (C=O) groups is 1. The molecule has 14 heavy (non-hydrogen) atoms. The molecule has 1 unspecified atom stereocenters. The largest absolute Gasteiger partial charge is 0.481 e. The van der Waals surface area contributed by atoms with Crippen LogP contribution in [0.15, 0.2) is 18.3 Å². The molecule has 0 saturated heterocycles. The highest BCUT2D eigenvalue weighted by Crippen LogP contribution is 2.08. The number of nitrogens with one attached hydrogen (secondary N) is 1. The van der Waals surface area contributed by atoms with Crippen molar-refractivity contribution >= 4 is 11.7 Å². The highest BCUT2D eigenvalue weighted by Gasteiger charge is 2.06. The van der Waals surface area contributed by atoms with Gasteiger partial charge in [-0.3, -0.25) is 9.78 Å². The Morgan fingerprint density at radius 3 is 2.86 bits per heavy atom. The van der Waals surface area contributed by atoms with Gasteiger partial charge in [-0.15, -0.1) is 0 Å². The molecule has 76 valence electrons. The fourth-order valence-corrected chi connectivity index (χ4v) is 1.15. The van der Waals surface area contributed by atoms with Crippen LogP contribution in [0.2, 0.25) is 0 Å². The van der Waals surface area contributed by atoms with Crippen molar-refractivity contribution in [2.24, 2.45) is 0 Å². The summed E-state index contributed by atoms with van der Waals surface area (Å²) in [4.78, 5) is 14.5. The average molecular weight is 194 g/mol. The molecule has 1 atom stereocenters. The molecule has 0 fully saturated rings. The van der Waals surface area contributed by atoms with Crippen molar-refractivity contribution in [2.75, 3.05) is 5.32 Å². The van der Waals surface area contributed by atoms with E-state index in [2.05, 4.69) is 10.3 Å². The number of rotatable bonds is 4. The van der Waals surface area contributed by atoms with Crippen molar-refractivity contribution < 1.29 is 9.90 Å². The van der Waals surface area contributed by atoms with Crippen molar-refractivity contribution in [3.05, 3.63) is 24.0 Å². The van der Waals surface area contributed by atoms with E-state index in [1.807, 2.05) is 26.0 Å². The van der Waals surface area contributed by atoms with E-state index in [0.29, 0.717) is 0 Å². The highest BCUT2D eigenvalue weighted by atomic mass is 16.4. The maximum Gasteiger partial charge on any atom is 0.305 e. The standard InChI is InChI=1S/C10H14N2O2/c1-7-3-4-9(6-11-7)12-8(2)5-10(13)14/h3-4,6,8,12H,5H2,1-2H3,(H,13,14). The number of hydrogen-bond acceptors (Lipinski definition) is 3. The number of aliphatic carboxylic acids is 1. The number of carboxylic acids is 1. The zero-order chi connectivity index (χ0) is 10.6. The van der Waals surface area contributed by atoms with Gasteiger partial charge in [-0.05, 0) is 26.0 Å². The first-order chi connectivity index (χ1) is 6.58. The molecular formula is C10H14N2O2. The Bertz CT molecular complexity index is 308. The molecule has 0 aliphatic carbocycles. The number of hydrogen-bond donors (Lipinski definition) is 2. The zero-order valence-corrected chi connectivity index (χ0v) is 8.32. The van der Waals surface area contributed by atoms with Crippen LogP contribution in [0.1, 0.15) is 19.0 Å². The van der Waals surface area contributed by atoms with Gasteiger partial charge >= 0.3 is 5.97 Å².